The maximum atomic E-state index is 13.0. The number of non-ortho nitro benzene ring substituents is 1. The number of benzene rings is 2. The van der Waals surface area contributed by atoms with Crippen molar-refractivity contribution in [1.29, 1.82) is 0 Å². The summed E-state index contributed by atoms with van der Waals surface area (Å²) in [6.45, 7) is 0.132. The monoisotopic (exact) mass is 289 g/mol. The van der Waals surface area contributed by atoms with Gasteiger partial charge in [-0.1, -0.05) is 12.1 Å². The fourth-order valence-electron chi connectivity index (χ4n) is 1.79. The first-order valence-electron chi connectivity index (χ1n) is 6.04. The van der Waals surface area contributed by atoms with Gasteiger partial charge in [0.05, 0.1) is 16.2 Å². The van der Waals surface area contributed by atoms with Crippen LogP contribution in [0.2, 0.25) is 0 Å². The molecule has 2 rings (SSSR count). The Kier molecular flexibility index (Phi) is 4.13. The molecular formula is C14H12FN3O3. The van der Waals surface area contributed by atoms with E-state index in [-0.39, 0.29) is 23.5 Å². The number of hydrogen-bond donors (Lipinski definition) is 2. The zero-order valence-electron chi connectivity index (χ0n) is 10.9. The second kappa shape index (κ2) is 6.00. The molecule has 0 unspecified atom stereocenters. The number of nitrogens with zero attached hydrogens (tertiary/aromatic N) is 1. The van der Waals surface area contributed by atoms with E-state index in [4.69, 9.17) is 5.73 Å². The summed E-state index contributed by atoms with van der Waals surface area (Å²) in [7, 11) is 0. The van der Waals surface area contributed by atoms with E-state index in [0.717, 1.165) is 6.07 Å². The smallest absolute Gasteiger partial charge is 0.271 e. The normalized spacial score (nSPS) is 10.1. The molecular weight excluding hydrogens is 277 g/mol. The highest BCUT2D eigenvalue weighted by atomic mass is 19.1. The molecule has 0 fully saturated rings. The van der Waals surface area contributed by atoms with Crippen molar-refractivity contribution < 1.29 is 14.1 Å². The number of carbonyl (C=O) groups excluding carboxylic acids is 1. The van der Waals surface area contributed by atoms with Crippen LogP contribution in [0.1, 0.15) is 15.9 Å². The van der Waals surface area contributed by atoms with Crippen LogP contribution in [-0.2, 0) is 6.54 Å². The fourth-order valence-corrected chi connectivity index (χ4v) is 1.79. The molecule has 21 heavy (non-hydrogen) atoms. The molecule has 1 amide bonds. The number of anilines is 1. The van der Waals surface area contributed by atoms with Crippen molar-refractivity contribution >= 4 is 17.3 Å². The summed E-state index contributed by atoms with van der Waals surface area (Å²) in [6.07, 6.45) is 0. The summed E-state index contributed by atoms with van der Waals surface area (Å²) >= 11 is 0. The molecule has 2 aromatic rings. The number of nitro groups is 1. The average Bonchev–Trinajstić information content (AvgIpc) is 2.44. The van der Waals surface area contributed by atoms with E-state index in [2.05, 4.69) is 5.32 Å². The lowest BCUT2D eigenvalue weighted by Gasteiger charge is -2.07. The fraction of sp³-hybridized carbons (Fsp3) is 0.0714. The lowest BCUT2D eigenvalue weighted by Crippen LogP contribution is -2.23. The van der Waals surface area contributed by atoms with Gasteiger partial charge in [-0.25, -0.2) is 4.39 Å². The molecule has 0 bridgehead atoms. The van der Waals surface area contributed by atoms with Crippen molar-refractivity contribution in [3.63, 3.8) is 0 Å². The second-order valence-electron chi connectivity index (χ2n) is 4.34. The van der Waals surface area contributed by atoms with E-state index in [1.807, 2.05) is 0 Å². The number of carbonyl (C=O) groups is 1. The van der Waals surface area contributed by atoms with Crippen LogP contribution >= 0.6 is 0 Å². The maximum absolute atomic E-state index is 13.0. The molecule has 3 N–H and O–H groups in total. The lowest BCUT2D eigenvalue weighted by molar-refractivity contribution is -0.384. The van der Waals surface area contributed by atoms with E-state index in [1.54, 1.807) is 6.07 Å². The zero-order chi connectivity index (χ0) is 15.4. The minimum absolute atomic E-state index is 0.0148. The Hall–Kier alpha value is -2.96. The topological polar surface area (TPSA) is 98.3 Å². The maximum Gasteiger partial charge on any atom is 0.271 e. The molecule has 0 aliphatic rings. The first-order valence-corrected chi connectivity index (χ1v) is 6.04. The molecule has 0 radical (unpaired) electrons. The van der Waals surface area contributed by atoms with Crippen LogP contribution in [-0.4, -0.2) is 10.8 Å². The van der Waals surface area contributed by atoms with Gasteiger partial charge in [0.15, 0.2) is 0 Å². The lowest BCUT2D eigenvalue weighted by atomic mass is 10.1. The molecule has 0 saturated heterocycles. The first kappa shape index (κ1) is 14.4. The summed E-state index contributed by atoms with van der Waals surface area (Å²) in [5, 5.41) is 13.2. The quantitative estimate of drug-likeness (QED) is 0.512. The summed E-state index contributed by atoms with van der Waals surface area (Å²) < 4.78 is 13.0. The molecule has 0 atom stereocenters. The molecule has 0 spiro atoms. The van der Waals surface area contributed by atoms with Gasteiger partial charge < -0.3 is 11.1 Å². The number of nitro benzene ring substituents is 1. The predicted molar refractivity (Wildman–Crippen MR) is 75.1 cm³/mol. The average molecular weight is 289 g/mol. The number of nitrogens with one attached hydrogen (secondary N) is 1. The number of rotatable bonds is 4. The molecule has 6 nitrogen and oxygen atoms in total. The van der Waals surface area contributed by atoms with Crippen LogP contribution in [0, 0.1) is 15.9 Å². The van der Waals surface area contributed by atoms with Gasteiger partial charge in [-0.2, -0.15) is 0 Å². The van der Waals surface area contributed by atoms with Crippen LogP contribution in [0.25, 0.3) is 0 Å². The zero-order valence-corrected chi connectivity index (χ0v) is 10.9. The minimum Gasteiger partial charge on any atom is -0.398 e. The third kappa shape index (κ3) is 3.53. The van der Waals surface area contributed by atoms with Crippen LogP contribution < -0.4 is 11.1 Å². The minimum atomic E-state index is -0.592. The summed E-state index contributed by atoms with van der Waals surface area (Å²) in [5.41, 5.74) is 6.19. The first-order chi connectivity index (χ1) is 9.97. The largest absolute Gasteiger partial charge is 0.398 e. The van der Waals surface area contributed by atoms with Crippen LogP contribution in [0.15, 0.2) is 42.5 Å². The van der Waals surface area contributed by atoms with E-state index < -0.39 is 16.6 Å². The van der Waals surface area contributed by atoms with Gasteiger partial charge in [-0.3, -0.25) is 14.9 Å². The van der Waals surface area contributed by atoms with E-state index in [9.17, 15) is 19.3 Å². The molecule has 0 saturated carbocycles. The molecule has 0 aliphatic carbocycles. The van der Waals surface area contributed by atoms with Crippen LogP contribution in [0.3, 0.4) is 0 Å². The van der Waals surface area contributed by atoms with Crippen LogP contribution in [0.5, 0.6) is 0 Å². The van der Waals surface area contributed by atoms with E-state index in [1.165, 1.54) is 30.3 Å². The van der Waals surface area contributed by atoms with Gasteiger partial charge in [0.1, 0.15) is 5.82 Å². The van der Waals surface area contributed by atoms with Crippen LogP contribution in [0.4, 0.5) is 15.8 Å². The van der Waals surface area contributed by atoms with Crippen molar-refractivity contribution in [3.05, 3.63) is 69.5 Å². The van der Waals surface area contributed by atoms with Gasteiger partial charge in [0, 0.05) is 18.7 Å². The highest BCUT2D eigenvalue weighted by Crippen LogP contribution is 2.19. The Morgan fingerprint density at radius 2 is 2.05 bits per heavy atom. The van der Waals surface area contributed by atoms with Crippen molar-refractivity contribution in [2.75, 3.05) is 5.73 Å². The second-order valence-corrected chi connectivity index (χ2v) is 4.34. The number of amides is 1. The van der Waals surface area contributed by atoms with Gasteiger partial charge in [-0.05, 0) is 23.8 Å². The Balaban J connectivity index is 2.08. The number of hydrogen-bond acceptors (Lipinski definition) is 4. The summed E-state index contributed by atoms with van der Waals surface area (Å²) in [5.74, 6) is -0.872. The van der Waals surface area contributed by atoms with E-state index in [0.29, 0.717) is 5.56 Å². The third-order valence-corrected chi connectivity index (χ3v) is 2.83. The Morgan fingerprint density at radius 3 is 2.67 bits per heavy atom. The third-order valence-electron chi connectivity index (χ3n) is 2.83. The molecule has 108 valence electrons. The number of nitrogen functional groups attached to an aromatic ring is 1. The SMILES string of the molecule is Nc1cc([N+](=O)[O-])ccc1C(=O)NCc1cccc(F)c1. The number of nitrogens with two attached hydrogens (primary N) is 1. The predicted octanol–water partition coefficient (Wildman–Crippen LogP) is 2.25. The highest BCUT2D eigenvalue weighted by molar-refractivity contribution is 5.99. The number of halogens is 1. The standard InChI is InChI=1S/C14H12FN3O3/c15-10-3-1-2-9(6-10)8-17-14(19)12-5-4-11(18(20)21)7-13(12)16/h1-7H,8,16H2,(H,17,19). The molecule has 7 heteroatoms. The van der Waals surface area contributed by atoms with Crippen molar-refractivity contribution in [2.24, 2.45) is 0 Å². The van der Waals surface area contributed by atoms with Gasteiger partial charge in [0.2, 0.25) is 0 Å². The molecule has 2 aromatic carbocycles. The highest BCUT2D eigenvalue weighted by Gasteiger charge is 2.14. The van der Waals surface area contributed by atoms with Crippen molar-refractivity contribution in [3.8, 4) is 0 Å². The Morgan fingerprint density at radius 1 is 1.29 bits per heavy atom. The van der Waals surface area contributed by atoms with Crippen molar-refractivity contribution in [1.82, 2.24) is 5.32 Å². The Labute approximate surface area is 119 Å². The van der Waals surface area contributed by atoms with Crippen molar-refractivity contribution in [2.45, 2.75) is 6.54 Å². The summed E-state index contributed by atoms with van der Waals surface area (Å²) in [6, 6.07) is 9.43. The van der Waals surface area contributed by atoms with Gasteiger partial charge in [-0.15, -0.1) is 0 Å². The summed E-state index contributed by atoms with van der Waals surface area (Å²) in [4.78, 5) is 21.9. The molecule has 0 heterocycles. The Bertz CT molecular complexity index is 704. The van der Waals surface area contributed by atoms with E-state index >= 15 is 0 Å². The van der Waals surface area contributed by atoms with Gasteiger partial charge in [0.25, 0.3) is 11.6 Å². The van der Waals surface area contributed by atoms with Gasteiger partial charge >= 0.3 is 0 Å². The molecule has 0 aromatic heterocycles. The molecule has 0 aliphatic heterocycles.